The van der Waals surface area contributed by atoms with Gasteiger partial charge in [-0.2, -0.15) is 0 Å². The molecule has 0 radical (unpaired) electrons. The summed E-state index contributed by atoms with van der Waals surface area (Å²) in [6, 6.07) is 0. The number of methoxy groups -OCH3 is 1. The van der Waals surface area contributed by atoms with E-state index < -0.39 is 5.97 Å². The van der Waals surface area contributed by atoms with Crippen LogP contribution < -0.4 is 5.73 Å². The summed E-state index contributed by atoms with van der Waals surface area (Å²) in [7, 11) is 1.32. The summed E-state index contributed by atoms with van der Waals surface area (Å²) in [6.07, 6.45) is 1.90. The molecule has 0 aliphatic carbocycles. The number of hydrogen-bond acceptors (Lipinski definition) is 6. The van der Waals surface area contributed by atoms with E-state index in [2.05, 4.69) is 23.6 Å². The molecule has 2 N–H and O–H groups in total. The number of rotatable bonds is 8. The molecule has 0 saturated carbocycles. The minimum Gasteiger partial charge on any atom is -0.468 e. The maximum atomic E-state index is 12.5. The maximum Gasteiger partial charge on any atom is 0.325 e. The van der Waals surface area contributed by atoms with E-state index in [-0.39, 0.29) is 12.5 Å². The van der Waals surface area contributed by atoms with Crippen LogP contribution in [0.2, 0.25) is 0 Å². The molecule has 1 aromatic heterocycles. The van der Waals surface area contributed by atoms with Crippen molar-refractivity contribution in [2.24, 2.45) is 11.7 Å². The molecule has 1 aromatic rings. The second-order valence-electron chi connectivity index (χ2n) is 4.77. The summed E-state index contributed by atoms with van der Waals surface area (Å²) in [6.45, 7) is 4.92. The van der Waals surface area contributed by atoms with Crippen molar-refractivity contribution in [1.29, 1.82) is 0 Å². The number of ether oxygens (including phenoxy) is 1. The van der Waals surface area contributed by atoms with Crippen molar-refractivity contribution in [3.63, 3.8) is 0 Å². The third kappa shape index (κ3) is 5.09. The van der Waals surface area contributed by atoms with Gasteiger partial charge in [-0.25, -0.2) is 4.98 Å². The standard InChI is InChI=1S/C14H23N3O3S/c1-4-10(5-2)7-17(8-13(18)20-3)14(19)11-9-21-12(6-15)16-11/h9-10H,4-8,15H2,1-3H3. The second kappa shape index (κ2) is 8.74. The lowest BCUT2D eigenvalue weighted by Gasteiger charge is -2.25. The molecule has 1 heterocycles. The Hall–Kier alpha value is -1.47. The summed E-state index contributed by atoms with van der Waals surface area (Å²) < 4.78 is 4.67. The van der Waals surface area contributed by atoms with E-state index in [1.807, 2.05) is 0 Å². The van der Waals surface area contributed by atoms with Gasteiger partial charge in [0, 0.05) is 18.5 Å². The number of nitrogens with zero attached hydrogens (tertiary/aromatic N) is 2. The van der Waals surface area contributed by atoms with Crippen LogP contribution in [-0.4, -0.2) is 42.0 Å². The third-order valence-electron chi connectivity index (χ3n) is 3.41. The number of thiazole rings is 1. The maximum absolute atomic E-state index is 12.5. The van der Waals surface area contributed by atoms with Gasteiger partial charge in [-0.3, -0.25) is 9.59 Å². The van der Waals surface area contributed by atoms with Gasteiger partial charge in [0.2, 0.25) is 0 Å². The molecule has 0 aromatic carbocycles. The van der Waals surface area contributed by atoms with Gasteiger partial charge >= 0.3 is 5.97 Å². The molecule has 0 aliphatic heterocycles. The highest BCUT2D eigenvalue weighted by Crippen LogP contribution is 2.15. The van der Waals surface area contributed by atoms with Gasteiger partial charge in [0.25, 0.3) is 5.91 Å². The predicted octanol–water partition coefficient (Wildman–Crippen LogP) is 1.65. The first kappa shape index (κ1) is 17.6. The van der Waals surface area contributed by atoms with Crippen LogP contribution in [0.3, 0.4) is 0 Å². The summed E-state index contributed by atoms with van der Waals surface area (Å²) >= 11 is 1.35. The Kier molecular flexibility index (Phi) is 7.31. The fourth-order valence-electron chi connectivity index (χ4n) is 1.96. The smallest absolute Gasteiger partial charge is 0.325 e. The minimum absolute atomic E-state index is 0.0542. The van der Waals surface area contributed by atoms with E-state index in [4.69, 9.17) is 5.73 Å². The fourth-order valence-corrected chi connectivity index (χ4v) is 2.61. The van der Waals surface area contributed by atoms with E-state index >= 15 is 0 Å². The Morgan fingerprint density at radius 2 is 2.10 bits per heavy atom. The van der Waals surface area contributed by atoms with Crippen molar-refractivity contribution in [3.05, 3.63) is 16.1 Å². The molecule has 0 fully saturated rings. The largest absolute Gasteiger partial charge is 0.468 e. The number of hydrogen-bond donors (Lipinski definition) is 1. The van der Waals surface area contributed by atoms with Gasteiger partial charge in [0.15, 0.2) is 0 Å². The number of carbonyl (C=O) groups is 2. The van der Waals surface area contributed by atoms with Crippen LogP contribution >= 0.6 is 11.3 Å². The fraction of sp³-hybridized carbons (Fsp3) is 0.643. The molecule has 0 spiro atoms. The summed E-state index contributed by atoms with van der Waals surface area (Å²) in [5.41, 5.74) is 5.86. The van der Waals surface area contributed by atoms with Crippen molar-refractivity contribution in [3.8, 4) is 0 Å². The van der Waals surface area contributed by atoms with Crippen LogP contribution in [0, 0.1) is 5.92 Å². The van der Waals surface area contributed by atoms with Crippen molar-refractivity contribution in [2.75, 3.05) is 20.2 Å². The van der Waals surface area contributed by atoms with Crippen LogP contribution in [0.15, 0.2) is 5.38 Å². The number of esters is 1. The molecule has 0 bridgehead atoms. The molecule has 0 aliphatic rings. The molecule has 7 heteroatoms. The van der Waals surface area contributed by atoms with E-state index in [9.17, 15) is 9.59 Å². The molecule has 0 saturated heterocycles. The number of aromatic nitrogens is 1. The quantitative estimate of drug-likeness (QED) is 0.738. The van der Waals surface area contributed by atoms with E-state index in [0.717, 1.165) is 12.8 Å². The lowest BCUT2D eigenvalue weighted by molar-refractivity contribution is -0.141. The van der Waals surface area contributed by atoms with Crippen molar-refractivity contribution in [2.45, 2.75) is 33.2 Å². The molecule has 0 unspecified atom stereocenters. The highest BCUT2D eigenvalue weighted by Gasteiger charge is 2.23. The lowest BCUT2D eigenvalue weighted by atomic mass is 10.0. The van der Waals surface area contributed by atoms with Crippen LogP contribution in [0.1, 0.15) is 42.2 Å². The number of amides is 1. The molecule has 21 heavy (non-hydrogen) atoms. The highest BCUT2D eigenvalue weighted by atomic mass is 32.1. The molecular weight excluding hydrogens is 290 g/mol. The van der Waals surface area contributed by atoms with Crippen molar-refractivity contribution in [1.82, 2.24) is 9.88 Å². The predicted molar refractivity (Wildman–Crippen MR) is 82.0 cm³/mol. The first-order valence-electron chi connectivity index (χ1n) is 7.06. The topological polar surface area (TPSA) is 85.5 Å². The van der Waals surface area contributed by atoms with Gasteiger partial charge in [-0.15, -0.1) is 11.3 Å². The Bertz CT molecular complexity index is 472. The summed E-state index contributed by atoms with van der Waals surface area (Å²) in [5, 5.41) is 2.39. The Morgan fingerprint density at radius 1 is 1.43 bits per heavy atom. The zero-order valence-electron chi connectivity index (χ0n) is 12.8. The first-order valence-corrected chi connectivity index (χ1v) is 7.94. The lowest BCUT2D eigenvalue weighted by Crippen LogP contribution is -2.39. The van der Waals surface area contributed by atoms with Gasteiger partial charge in [-0.05, 0) is 5.92 Å². The third-order valence-corrected chi connectivity index (χ3v) is 4.28. The summed E-state index contributed by atoms with van der Waals surface area (Å²) in [4.78, 5) is 29.7. The van der Waals surface area contributed by atoms with E-state index in [1.165, 1.54) is 23.3 Å². The van der Waals surface area contributed by atoms with Crippen LogP contribution in [0.4, 0.5) is 0 Å². The van der Waals surface area contributed by atoms with E-state index in [0.29, 0.717) is 29.7 Å². The SMILES string of the molecule is CCC(CC)CN(CC(=O)OC)C(=O)c1csc(CN)n1. The van der Waals surface area contributed by atoms with Gasteiger partial charge in [-0.1, -0.05) is 26.7 Å². The highest BCUT2D eigenvalue weighted by molar-refractivity contribution is 7.09. The average molecular weight is 313 g/mol. The minimum atomic E-state index is -0.427. The average Bonchev–Trinajstić information content (AvgIpc) is 2.99. The van der Waals surface area contributed by atoms with E-state index in [1.54, 1.807) is 5.38 Å². The van der Waals surface area contributed by atoms with Gasteiger partial charge in [0.05, 0.1) is 7.11 Å². The van der Waals surface area contributed by atoms with Crippen LogP contribution in [0.25, 0.3) is 0 Å². The molecular formula is C14H23N3O3S. The zero-order chi connectivity index (χ0) is 15.8. The molecule has 6 nitrogen and oxygen atoms in total. The normalized spacial score (nSPS) is 10.7. The van der Waals surface area contributed by atoms with Crippen LogP contribution in [-0.2, 0) is 16.1 Å². The Labute approximate surface area is 129 Å². The van der Waals surface area contributed by atoms with Crippen LogP contribution in [0.5, 0.6) is 0 Å². The number of carbonyl (C=O) groups excluding carboxylic acids is 2. The Balaban J connectivity index is 2.87. The van der Waals surface area contributed by atoms with Gasteiger partial charge < -0.3 is 15.4 Å². The van der Waals surface area contributed by atoms with Gasteiger partial charge in [0.1, 0.15) is 17.2 Å². The monoisotopic (exact) mass is 313 g/mol. The number of nitrogens with two attached hydrogens (primary N) is 1. The molecule has 0 atom stereocenters. The zero-order valence-corrected chi connectivity index (χ0v) is 13.6. The van der Waals surface area contributed by atoms with Crippen molar-refractivity contribution < 1.29 is 14.3 Å². The molecule has 118 valence electrons. The first-order chi connectivity index (χ1) is 10.0. The van der Waals surface area contributed by atoms with Crippen molar-refractivity contribution >= 4 is 23.2 Å². The molecule has 1 amide bonds. The Morgan fingerprint density at radius 3 is 2.57 bits per heavy atom. The molecule has 1 rings (SSSR count). The summed E-state index contributed by atoms with van der Waals surface area (Å²) in [5.74, 6) is -0.321. The second-order valence-corrected chi connectivity index (χ2v) is 5.72.